The van der Waals surface area contributed by atoms with Gasteiger partial charge in [-0.2, -0.15) is 0 Å². The Balaban J connectivity index is 1.66. The van der Waals surface area contributed by atoms with Crippen molar-refractivity contribution in [2.24, 2.45) is 0 Å². The van der Waals surface area contributed by atoms with Gasteiger partial charge >= 0.3 is 0 Å². The van der Waals surface area contributed by atoms with Gasteiger partial charge in [0.05, 0.1) is 0 Å². The first-order valence-electron chi connectivity index (χ1n) is 8.22. The van der Waals surface area contributed by atoms with E-state index in [4.69, 9.17) is 0 Å². The third-order valence-corrected chi connectivity index (χ3v) is 4.69. The van der Waals surface area contributed by atoms with Gasteiger partial charge in [-0.05, 0) is 43.4 Å². The maximum absolute atomic E-state index is 12.7. The number of nitrogens with zero attached hydrogens (tertiary/aromatic N) is 2. The van der Waals surface area contributed by atoms with Crippen LogP contribution in [0.1, 0.15) is 50.0 Å². The molecule has 2 amide bonds. The van der Waals surface area contributed by atoms with E-state index in [2.05, 4.69) is 10.3 Å². The van der Waals surface area contributed by atoms with Gasteiger partial charge < -0.3 is 10.2 Å². The molecule has 3 rings (SSSR count). The van der Waals surface area contributed by atoms with Crippen LogP contribution < -0.4 is 5.32 Å². The highest BCUT2D eigenvalue weighted by Gasteiger charge is 2.31. The van der Waals surface area contributed by atoms with E-state index in [9.17, 15) is 9.59 Å². The quantitative estimate of drug-likeness (QED) is 0.906. The molecular formula is C17H23N3O2. The summed E-state index contributed by atoms with van der Waals surface area (Å²) in [5.74, 6) is 0.481. The van der Waals surface area contributed by atoms with E-state index in [0.29, 0.717) is 12.3 Å². The first-order valence-corrected chi connectivity index (χ1v) is 8.22. The fourth-order valence-electron chi connectivity index (χ4n) is 3.46. The number of hydrogen-bond donors (Lipinski definition) is 1. The van der Waals surface area contributed by atoms with Crippen LogP contribution in [-0.2, 0) is 9.59 Å². The second kappa shape index (κ2) is 6.90. The van der Waals surface area contributed by atoms with Crippen LogP contribution in [0.25, 0.3) is 0 Å². The lowest BCUT2D eigenvalue weighted by molar-refractivity contribution is -0.137. The van der Waals surface area contributed by atoms with Crippen LogP contribution in [0.3, 0.4) is 0 Å². The molecule has 0 radical (unpaired) electrons. The summed E-state index contributed by atoms with van der Waals surface area (Å²) >= 11 is 0. The SMILES string of the molecule is O=C1CCCC[C@H](C(=O)N2CCC[C@H](c3ccncc3)C2)N1. The molecule has 2 saturated heterocycles. The Hall–Kier alpha value is -1.91. The molecule has 0 saturated carbocycles. The number of rotatable bonds is 2. The van der Waals surface area contributed by atoms with Gasteiger partial charge in [-0.25, -0.2) is 0 Å². The molecule has 2 aliphatic rings. The number of amides is 2. The molecule has 2 atom stereocenters. The average molecular weight is 301 g/mol. The number of carbonyl (C=O) groups excluding carboxylic acids is 2. The van der Waals surface area contributed by atoms with Crippen LogP contribution in [0.5, 0.6) is 0 Å². The summed E-state index contributed by atoms with van der Waals surface area (Å²) in [7, 11) is 0. The maximum atomic E-state index is 12.7. The first kappa shape index (κ1) is 15.0. The van der Waals surface area contributed by atoms with E-state index < -0.39 is 0 Å². The second-order valence-electron chi connectivity index (χ2n) is 6.27. The highest BCUT2D eigenvalue weighted by Crippen LogP contribution is 2.27. The Kier molecular flexibility index (Phi) is 4.71. The lowest BCUT2D eigenvalue weighted by Gasteiger charge is -2.35. The number of hydrogen-bond acceptors (Lipinski definition) is 3. The number of nitrogens with one attached hydrogen (secondary N) is 1. The number of pyridine rings is 1. The Labute approximate surface area is 131 Å². The highest BCUT2D eigenvalue weighted by atomic mass is 16.2. The minimum atomic E-state index is -0.328. The van der Waals surface area contributed by atoms with Gasteiger partial charge in [0.25, 0.3) is 0 Å². The number of carbonyl (C=O) groups is 2. The van der Waals surface area contributed by atoms with E-state index in [-0.39, 0.29) is 17.9 Å². The average Bonchev–Trinajstić information content (AvgIpc) is 2.79. The van der Waals surface area contributed by atoms with E-state index in [1.165, 1.54) is 5.56 Å². The molecule has 118 valence electrons. The van der Waals surface area contributed by atoms with Crippen molar-refractivity contribution in [3.8, 4) is 0 Å². The second-order valence-corrected chi connectivity index (χ2v) is 6.27. The van der Waals surface area contributed by atoms with E-state index in [0.717, 1.165) is 45.2 Å². The van der Waals surface area contributed by atoms with Crippen LogP contribution in [0.4, 0.5) is 0 Å². The van der Waals surface area contributed by atoms with E-state index in [1.807, 2.05) is 29.4 Å². The van der Waals surface area contributed by atoms with Crippen molar-refractivity contribution in [2.75, 3.05) is 13.1 Å². The fraction of sp³-hybridized carbons (Fsp3) is 0.588. The Morgan fingerprint density at radius 1 is 1.18 bits per heavy atom. The van der Waals surface area contributed by atoms with Crippen LogP contribution in [-0.4, -0.2) is 40.8 Å². The molecule has 0 unspecified atom stereocenters. The van der Waals surface area contributed by atoms with Gasteiger partial charge in [-0.3, -0.25) is 14.6 Å². The molecule has 5 heteroatoms. The minimum absolute atomic E-state index is 0.0125. The molecule has 2 aliphatic heterocycles. The normalized spacial score (nSPS) is 26.2. The summed E-state index contributed by atoms with van der Waals surface area (Å²) in [6.45, 7) is 1.54. The standard InChI is InChI=1S/C17H23N3O2/c21-16-6-2-1-5-15(19-16)17(22)20-11-3-4-14(12-20)13-7-9-18-10-8-13/h7-10,14-15H,1-6,11-12H2,(H,19,21)/t14-,15+/m0/s1. The lowest BCUT2D eigenvalue weighted by Crippen LogP contribution is -2.50. The van der Waals surface area contributed by atoms with Crippen LogP contribution in [0, 0.1) is 0 Å². The van der Waals surface area contributed by atoms with Crippen molar-refractivity contribution in [2.45, 2.75) is 50.5 Å². The van der Waals surface area contributed by atoms with E-state index in [1.54, 1.807) is 0 Å². The highest BCUT2D eigenvalue weighted by molar-refractivity contribution is 5.88. The third kappa shape index (κ3) is 3.46. The summed E-state index contributed by atoms with van der Waals surface area (Å²) in [4.78, 5) is 30.4. The molecule has 0 spiro atoms. The zero-order valence-corrected chi connectivity index (χ0v) is 12.8. The fourth-order valence-corrected chi connectivity index (χ4v) is 3.46. The Bertz CT molecular complexity index is 532. The molecule has 5 nitrogen and oxygen atoms in total. The number of likely N-dealkylation sites (tertiary alicyclic amines) is 1. The summed E-state index contributed by atoms with van der Waals surface area (Å²) in [6, 6.07) is 3.74. The zero-order valence-electron chi connectivity index (χ0n) is 12.8. The topological polar surface area (TPSA) is 62.3 Å². The van der Waals surface area contributed by atoms with Crippen LogP contribution in [0.15, 0.2) is 24.5 Å². The number of piperidine rings is 1. The van der Waals surface area contributed by atoms with Crippen molar-refractivity contribution in [1.82, 2.24) is 15.2 Å². The summed E-state index contributed by atoms with van der Waals surface area (Å²) in [6.07, 6.45) is 8.86. The molecule has 1 aromatic rings. The molecule has 22 heavy (non-hydrogen) atoms. The molecule has 1 N–H and O–H groups in total. The van der Waals surface area contributed by atoms with Crippen molar-refractivity contribution in [3.05, 3.63) is 30.1 Å². The molecule has 3 heterocycles. The molecular weight excluding hydrogens is 278 g/mol. The lowest BCUT2D eigenvalue weighted by atomic mass is 9.91. The summed E-state index contributed by atoms with van der Waals surface area (Å²) < 4.78 is 0. The molecule has 0 aliphatic carbocycles. The van der Waals surface area contributed by atoms with Crippen LogP contribution >= 0.6 is 0 Å². The van der Waals surface area contributed by atoms with Gasteiger partial charge in [0.1, 0.15) is 6.04 Å². The molecule has 0 aromatic carbocycles. The van der Waals surface area contributed by atoms with Crippen molar-refractivity contribution in [1.29, 1.82) is 0 Å². The molecule has 0 bridgehead atoms. The summed E-state index contributed by atoms with van der Waals surface area (Å²) in [5.41, 5.74) is 1.25. The smallest absolute Gasteiger partial charge is 0.245 e. The molecule has 2 fully saturated rings. The van der Waals surface area contributed by atoms with Crippen LogP contribution in [0.2, 0.25) is 0 Å². The predicted octanol–water partition coefficient (Wildman–Crippen LogP) is 1.85. The van der Waals surface area contributed by atoms with Crippen molar-refractivity contribution >= 4 is 11.8 Å². The first-order chi connectivity index (χ1) is 10.7. The zero-order chi connectivity index (χ0) is 15.4. The minimum Gasteiger partial charge on any atom is -0.344 e. The Morgan fingerprint density at radius 3 is 2.82 bits per heavy atom. The largest absolute Gasteiger partial charge is 0.344 e. The number of aromatic nitrogens is 1. The van der Waals surface area contributed by atoms with Gasteiger partial charge in [0, 0.05) is 37.8 Å². The Morgan fingerprint density at radius 2 is 2.00 bits per heavy atom. The third-order valence-electron chi connectivity index (χ3n) is 4.69. The van der Waals surface area contributed by atoms with Gasteiger partial charge in [0.2, 0.25) is 11.8 Å². The van der Waals surface area contributed by atoms with Gasteiger partial charge in [-0.1, -0.05) is 6.42 Å². The van der Waals surface area contributed by atoms with E-state index >= 15 is 0 Å². The molecule has 1 aromatic heterocycles. The summed E-state index contributed by atoms with van der Waals surface area (Å²) in [5, 5.41) is 2.89. The van der Waals surface area contributed by atoms with Crippen molar-refractivity contribution in [3.63, 3.8) is 0 Å². The van der Waals surface area contributed by atoms with Gasteiger partial charge in [-0.15, -0.1) is 0 Å². The predicted molar refractivity (Wildman–Crippen MR) is 83.2 cm³/mol. The maximum Gasteiger partial charge on any atom is 0.245 e. The monoisotopic (exact) mass is 301 g/mol. The van der Waals surface area contributed by atoms with Gasteiger partial charge in [0.15, 0.2) is 0 Å². The van der Waals surface area contributed by atoms with Crippen molar-refractivity contribution < 1.29 is 9.59 Å².